The number of hydrogen-bond donors (Lipinski definition) is 1. The second-order valence-electron chi connectivity index (χ2n) is 6.27. The van der Waals surface area contributed by atoms with E-state index in [0.717, 1.165) is 6.54 Å². The van der Waals surface area contributed by atoms with E-state index in [2.05, 4.69) is 48.3 Å². The highest BCUT2D eigenvalue weighted by Crippen LogP contribution is 2.22. The van der Waals surface area contributed by atoms with Crippen LogP contribution in [0.2, 0.25) is 0 Å². The van der Waals surface area contributed by atoms with Crippen LogP contribution in [0, 0.1) is 12.7 Å². The Morgan fingerprint density at radius 1 is 1.17 bits per heavy atom. The van der Waals surface area contributed by atoms with Gasteiger partial charge in [0, 0.05) is 37.1 Å². The maximum Gasteiger partial charge on any atom is 0.321 e. The molecule has 2 amide bonds. The first-order chi connectivity index (χ1) is 11.5. The van der Waals surface area contributed by atoms with Gasteiger partial charge in [-0.3, -0.25) is 0 Å². The third-order valence-corrected chi connectivity index (χ3v) is 4.32. The minimum Gasteiger partial charge on any atom is -0.365 e. The van der Waals surface area contributed by atoms with Gasteiger partial charge in [0.25, 0.3) is 0 Å². The minimum absolute atomic E-state index is 0.184. The van der Waals surface area contributed by atoms with E-state index < -0.39 is 0 Å². The Balaban J connectivity index is 1.63. The lowest BCUT2D eigenvalue weighted by Gasteiger charge is -2.41. The van der Waals surface area contributed by atoms with E-state index in [4.69, 9.17) is 0 Å². The molecule has 3 rings (SSSR count). The lowest BCUT2D eigenvalue weighted by molar-refractivity contribution is 0.200. The predicted octanol–water partition coefficient (Wildman–Crippen LogP) is 3.88. The quantitative estimate of drug-likeness (QED) is 0.909. The number of nitrogens with zero attached hydrogens (tertiary/aromatic N) is 2. The second kappa shape index (κ2) is 6.91. The largest absolute Gasteiger partial charge is 0.365 e. The molecular formula is C19H22FN3O. The first-order valence-electron chi connectivity index (χ1n) is 8.18. The standard InChI is InChI=1S/C19H22FN3O/c1-14-5-3-8-18(11-14)23-10-9-22(13-15(23)2)19(24)21-17-7-4-6-16(20)12-17/h3-8,11-12,15H,9-10,13H2,1-2H3,(H,21,24). The number of piperazine rings is 1. The molecule has 24 heavy (non-hydrogen) atoms. The number of urea groups is 1. The number of carbonyl (C=O) groups excluding carboxylic acids is 1. The Labute approximate surface area is 141 Å². The highest BCUT2D eigenvalue weighted by molar-refractivity contribution is 5.89. The second-order valence-corrected chi connectivity index (χ2v) is 6.27. The summed E-state index contributed by atoms with van der Waals surface area (Å²) in [7, 11) is 0. The van der Waals surface area contributed by atoms with Crippen LogP contribution in [0.1, 0.15) is 12.5 Å². The average Bonchev–Trinajstić information content (AvgIpc) is 2.54. The van der Waals surface area contributed by atoms with Crippen LogP contribution < -0.4 is 10.2 Å². The molecule has 2 aromatic rings. The van der Waals surface area contributed by atoms with Crippen LogP contribution in [0.15, 0.2) is 48.5 Å². The molecule has 0 spiro atoms. The normalized spacial score (nSPS) is 17.7. The Bertz CT molecular complexity index is 734. The first-order valence-corrected chi connectivity index (χ1v) is 8.18. The van der Waals surface area contributed by atoms with Gasteiger partial charge in [-0.1, -0.05) is 18.2 Å². The molecule has 0 aliphatic carbocycles. The van der Waals surface area contributed by atoms with Gasteiger partial charge in [-0.05, 0) is 49.7 Å². The fourth-order valence-electron chi connectivity index (χ4n) is 3.10. The van der Waals surface area contributed by atoms with Gasteiger partial charge >= 0.3 is 6.03 Å². The molecule has 2 aromatic carbocycles. The van der Waals surface area contributed by atoms with Gasteiger partial charge in [-0.15, -0.1) is 0 Å². The Kier molecular flexibility index (Phi) is 4.69. The van der Waals surface area contributed by atoms with E-state index in [1.165, 1.54) is 23.4 Å². The van der Waals surface area contributed by atoms with Crippen molar-refractivity contribution in [3.05, 3.63) is 59.9 Å². The molecule has 0 bridgehead atoms. The summed E-state index contributed by atoms with van der Waals surface area (Å²) in [5.41, 5.74) is 2.90. The van der Waals surface area contributed by atoms with Gasteiger partial charge in [-0.25, -0.2) is 9.18 Å². The molecule has 0 aromatic heterocycles. The number of halogens is 1. The predicted molar refractivity (Wildman–Crippen MR) is 95.0 cm³/mol. The molecule has 1 saturated heterocycles. The number of nitrogens with one attached hydrogen (secondary N) is 1. The Hall–Kier alpha value is -2.56. The molecule has 1 unspecified atom stereocenters. The van der Waals surface area contributed by atoms with Gasteiger partial charge in [0.05, 0.1) is 0 Å². The van der Waals surface area contributed by atoms with E-state index in [1.54, 1.807) is 17.0 Å². The molecule has 1 aliphatic rings. The first kappa shape index (κ1) is 16.3. The molecule has 0 saturated carbocycles. The van der Waals surface area contributed by atoms with Crippen molar-refractivity contribution in [1.82, 2.24) is 4.90 Å². The summed E-state index contributed by atoms with van der Waals surface area (Å²) in [6, 6.07) is 14.4. The average molecular weight is 327 g/mol. The monoisotopic (exact) mass is 327 g/mol. The van der Waals surface area contributed by atoms with Crippen LogP contribution in [0.25, 0.3) is 0 Å². The van der Waals surface area contributed by atoms with Crippen molar-refractivity contribution in [2.75, 3.05) is 29.9 Å². The van der Waals surface area contributed by atoms with Crippen molar-refractivity contribution in [2.24, 2.45) is 0 Å². The number of amides is 2. The summed E-state index contributed by atoms with van der Waals surface area (Å²) in [5, 5.41) is 2.77. The van der Waals surface area contributed by atoms with Crippen LogP contribution in [0.3, 0.4) is 0 Å². The molecule has 1 aliphatic heterocycles. The van der Waals surface area contributed by atoms with Gasteiger partial charge in [-0.2, -0.15) is 0 Å². The van der Waals surface area contributed by atoms with E-state index in [9.17, 15) is 9.18 Å². The van der Waals surface area contributed by atoms with Crippen molar-refractivity contribution in [2.45, 2.75) is 19.9 Å². The number of aryl methyl sites for hydroxylation is 1. The highest BCUT2D eigenvalue weighted by Gasteiger charge is 2.27. The third kappa shape index (κ3) is 3.67. The molecule has 1 fully saturated rings. The van der Waals surface area contributed by atoms with Crippen molar-refractivity contribution in [3.8, 4) is 0 Å². The van der Waals surface area contributed by atoms with E-state index in [-0.39, 0.29) is 17.9 Å². The summed E-state index contributed by atoms with van der Waals surface area (Å²) in [6.45, 7) is 6.25. The summed E-state index contributed by atoms with van der Waals surface area (Å²) >= 11 is 0. The van der Waals surface area contributed by atoms with Gasteiger partial charge in [0.15, 0.2) is 0 Å². The minimum atomic E-state index is -0.356. The SMILES string of the molecule is Cc1cccc(N2CCN(C(=O)Nc3cccc(F)c3)CC2C)c1. The Morgan fingerprint density at radius 2 is 1.96 bits per heavy atom. The van der Waals surface area contributed by atoms with Crippen LogP contribution in [-0.2, 0) is 0 Å². The Morgan fingerprint density at radius 3 is 2.67 bits per heavy atom. The molecule has 0 radical (unpaired) electrons. The fourth-order valence-corrected chi connectivity index (χ4v) is 3.10. The van der Waals surface area contributed by atoms with Gasteiger partial charge < -0.3 is 15.1 Å². The zero-order valence-corrected chi connectivity index (χ0v) is 14.0. The zero-order chi connectivity index (χ0) is 17.1. The number of benzene rings is 2. The van der Waals surface area contributed by atoms with Crippen LogP contribution in [0.4, 0.5) is 20.6 Å². The van der Waals surface area contributed by atoms with Crippen molar-refractivity contribution < 1.29 is 9.18 Å². The lowest BCUT2D eigenvalue weighted by atomic mass is 10.1. The smallest absolute Gasteiger partial charge is 0.321 e. The molecule has 1 heterocycles. The molecule has 1 N–H and O–H groups in total. The summed E-state index contributed by atoms with van der Waals surface area (Å²) in [4.78, 5) is 16.5. The molecule has 126 valence electrons. The van der Waals surface area contributed by atoms with Gasteiger partial charge in [0.2, 0.25) is 0 Å². The summed E-state index contributed by atoms with van der Waals surface area (Å²) in [5.74, 6) is -0.356. The molecular weight excluding hydrogens is 305 g/mol. The van der Waals surface area contributed by atoms with E-state index >= 15 is 0 Å². The van der Waals surface area contributed by atoms with E-state index in [0.29, 0.717) is 18.8 Å². The zero-order valence-electron chi connectivity index (χ0n) is 14.0. The molecule has 4 nitrogen and oxygen atoms in total. The topological polar surface area (TPSA) is 35.6 Å². The molecule has 5 heteroatoms. The number of carbonyl (C=O) groups is 1. The van der Waals surface area contributed by atoms with Gasteiger partial charge in [0.1, 0.15) is 5.82 Å². The van der Waals surface area contributed by atoms with E-state index in [1.807, 2.05) is 0 Å². The lowest BCUT2D eigenvalue weighted by Crippen LogP contribution is -2.54. The van der Waals surface area contributed by atoms with Crippen LogP contribution >= 0.6 is 0 Å². The maximum absolute atomic E-state index is 13.2. The summed E-state index contributed by atoms with van der Waals surface area (Å²) < 4.78 is 13.2. The van der Waals surface area contributed by atoms with Crippen LogP contribution in [0.5, 0.6) is 0 Å². The summed E-state index contributed by atoms with van der Waals surface area (Å²) in [6.07, 6.45) is 0. The number of rotatable bonds is 2. The highest BCUT2D eigenvalue weighted by atomic mass is 19.1. The fraction of sp³-hybridized carbons (Fsp3) is 0.316. The van der Waals surface area contributed by atoms with Crippen LogP contribution in [-0.4, -0.2) is 36.6 Å². The van der Waals surface area contributed by atoms with Crippen molar-refractivity contribution in [3.63, 3.8) is 0 Å². The maximum atomic E-state index is 13.2. The van der Waals surface area contributed by atoms with Crippen molar-refractivity contribution in [1.29, 1.82) is 0 Å². The molecule has 1 atom stereocenters. The van der Waals surface area contributed by atoms with Crippen molar-refractivity contribution >= 4 is 17.4 Å². The number of anilines is 2. The number of hydrogen-bond acceptors (Lipinski definition) is 2. The third-order valence-electron chi connectivity index (χ3n) is 4.32.